The van der Waals surface area contributed by atoms with Crippen molar-refractivity contribution in [1.29, 1.82) is 0 Å². The molecule has 0 radical (unpaired) electrons. The molecule has 2 heterocycles. The van der Waals surface area contributed by atoms with Crippen LogP contribution in [0.1, 0.15) is 15.9 Å². The molecule has 0 bridgehead atoms. The number of carbonyl (C=O) groups is 2. The Bertz CT molecular complexity index is 1070. The number of thioether (sulfide) groups is 1. The minimum atomic E-state index is -4.49. The zero-order valence-corrected chi connectivity index (χ0v) is 16.2. The summed E-state index contributed by atoms with van der Waals surface area (Å²) in [6, 6.07) is 8.60. The van der Waals surface area contributed by atoms with Crippen molar-refractivity contribution in [3.63, 3.8) is 0 Å². The number of hydrogen-bond donors (Lipinski definition) is 1. The second kappa shape index (κ2) is 8.11. The van der Waals surface area contributed by atoms with Crippen molar-refractivity contribution >= 4 is 34.9 Å². The summed E-state index contributed by atoms with van der Waals surface area (Å²) in [5.74, 6) is -0.692. The van der Waals surface area contributed by atoms with E-state index < -0.39 is 17.6 Å². The van der Waals surface area contributed by atoms with Crippen LogP contribution >= 0.6 is 11.8 Å². The first-order valence-electron chi connectivity index (χ1n) is 8.31. The molecule has 2 amide bonds. The van der Waals surface area contributed by atoms with E-state index in [2.05, 4.69) is 15.5 Å². The number of alkyl halides is 3. The van der Waals surface area contributed by atoms with E-state index in [1.807, 2.05) is 0 Å². The summed E-state index contributed by atoms with van der Waals surface area (Å²) in [5.41, 5.74) is 0.270. The molecule has 0 aliphatic rings. The van der Waals surface area contributed by atoms with Crippen LogP contribution in [0.3, 0.4) is 0 Å². The van der Waals surface area contributed by atoms with E-state index in [0.717, 1.165) is 24.0 Å². The Labute approximate surface area is 167 Å². The first-order valence-corrected chi connectivity index (χ1v) is 9.30. The van der Waals surface area contributed by atoms with Crippen molar-refractivity contribution in [3.05, 3.63) is 53.7 Å². The van der Waals surface area contributed by atoms with E-state index in [4.69, 9.17) is 0 Å². The Balaban J connectivity index is 1.68. The number of fused-ring (bicyclic) bond motifs is 1. The van der Waals surface area contributed by atoms with Crippen LogP contribution in [-0.4, -0.2) is 51.2 Å². The van der Waals surface area contributed by atoms with Crippen molar-refractivity contribution in [3.8, 4) is 0 Å². The molecule has 0 unspecified atom stereocenters. The van der Waals surface area contributed by atoms with Gasteiger partial charge >= 0.3 is 6.18 Å². The quantitative estimate of drug-likeness (QED) is 0.638. The molecule has 11 heteroatoms. The maximum absolute atomic E-state index is 12.9. The maximum Gasteiger partial charge on any atom is 0.417 e. The van der Waals surface area contributed by atoms with Crippen LogP contribution in [0.15, 0.2) is 47.8 Å². The predicted octanol–water partition coefficient (Wildman–Crippen LogP) is 3.18. The number of halogens is 3. The van der Waals surface area contributed by atoms with Crippen LogP contribution in [0.2, 0.25) is 0 Å². The van der Waals surface area contributed by atoms with E-state index in [1.54, 1.807) is 38.4 Å². The van der Waals surface area contributed by atoms with Crippen LogP contribution in [0.5, 0.6) is 0 Å². The fourth-order valence-corrected chi connectivity index (χ4v) is 3.17. The van der Waals surface area contributed by atoms with Crippen LogP contribution in [0.4, 0.5) is 18.9 Å². The van der Waals surface area contributed by atoms with Crippen molar-refractivity contribution < 1.29 is 22.8 Å². The normalized spacial score (nSPS) is 11.5. The Morgan fingerprint density at radius 1 is 1.17 bits per heavy atom. The standard InChI is InChI=1S/C18H16F3N5O2S/c1-25(2)16(28)11-4-3-5-13(8-11)22-15(27)10-29-17-24-23-14-7-6-12(9-26(14)17)18(19,20)21/h3-9H,10H2,1-2H3,(H,22,27). The molecule has 0 saturated carbocycles. The largest absolute Gasteiger partial charge is 0.417 e. The fourth-order valence-electron chi connectivity index (χ4n) is 2.45. The molecule has 1 aromatic carbocycles. The lowest BCUT2D eigenvalue weighted by atomic mass is 10.2. The lowest BCUT2D eigenvalue weighted by Crippen LogP contribution is -2.22. The number of benzene rings is 1. The maximum atomic E-state index is 12.9. The zero-order valence-electron chi connectivity index (χ0n) is 15.4. The van der Waals surface area contributed by atoms with E-state index in [9.17, 15) is 22.8 Å². The lowest BCUT2D eigenvalue weighted by Gasteiger charge is -2.11. The number of anilines is 1. The van der Waals surface area contributed by atoms with Gasteiger partial charge in [-0.2, -0.15) is 13.2 Å². The highest BCUT2D eigenvalue weighted by atomic mass is 32.2. The number of amides is 2. The Morgan fingerprint density at radius 3 is 2.62 bits per heavy atom. The molecule has 152 valence electrons. The van der Waals surface area contributed by atoms with Gasteiger partial charge in [-0.15, -0.1) is 10.2 Å². The smallest absolute Gasteiger partial charge is 0.345 e. The summed E-state index contributed by atoms with van der Waals surface area (Å²) in [6.45, 7) is 0. The molecule has 29 heavy (non-hydrogen) atoms. The highest BCUT2D eigenvalue weighted by Crippen LogP contribution is 2.30. The average molecular weight is 423 g/mol. The van der Waals surface area contributed by atoms with E-state index in [0.29, 0.717) is 11.3 Å². The molecule has 2 aromatic heterocycles. The molecule has 0 atom stereocenters. The van der Waals surface area contributed by atoms with Gasteiger partial charge in [0.1, 0.15) is 0 Å². The number of pyridine rings is 1. The molecule has 0 fully saturated rings. The Hall–Kier alpha value is -3.08. The fraction of sp³-hybridized carbons (Fsp3) is 0.222. The Kier molecular flexibility index (Phi) is 5.78. The predicted molar refractivity (Wildman–Crippen MR) is 102 cm³/mol. The van der Waals surface area contributed by atoms with E-state index in [-0.39, 0.29) is 22.5 Å². The van der Waals surface area contributed by atoms with Crippen LogP contribution in [0.25, 0.3) is 5.65 Å². The number of nitrogens with one attached hydrogen (secondary N) is 1. The highest BCUT2D eigenvalue weighted by molar-refractivity contribution is 7.99. The summed E-state index contributed by atoms with van der Waals surface area (Å²) in [6.07, 6.45) is -3.60. The molecule has 1 N–H and O–H groups in total. The van der Waals surface area contributed by atoms with Crippen LogP contribution < -0.4 is 5.32 Å². The monoisotopic (exact) mass is 423 g/mol. The number of hydrogen-bond acceptors (Lipinski definition) is 5. The molecule has 7 nitrogen and oxygen atoms in total. The molecule has 0 spiro atoms. The highest BCUT2D eigenvalue weighted by Gasteiger charge is 2.31. The van der Waals surface area contributed by atoms with Crippen molar-refractivity contribution in [1.82, 2.24) is 19.5 Å². The lowest BCUT2D eigenvalue weighted by molar-refractivity contribution is -0.137. The molecular formula is C18H16F3N5O2S. The molecule has 3 aromatic rings. The summed E-state index contributed by atoms with van der Waals surface area (Å²) in [7, 11) is 3.24. The topological polar surface area (TPSA) is 79.6 Å². The van der Waals surface area contributed by atoms with Gasteiger partial charge in [0.25, 0.3) is 5.91 Å². The van der Waals surface area contributed by atoms with Crippen molar-refractivity contribution in [2.24, 2.45) is 0 Å². The Morgan fingerprint density at radius 2 is 1.93 bits per heavy atom. The molecule has 3 rings (SSSR count). The minimum Gasteiger partial charge on any atom is -0.345 e. The van der Waals surface area contributed by atoms with Gasteiger partial charge in [0.2, 0.25) is 5.91 Å². The molecule has 0 saturated heterocycles. The zero-order chi connectivity index (χ0) is 21.2. The summed E-state index contributed by atoms with van der Waals surface area (Å²) in [4.78, 5) is 25.6. The van der Waals surface area contributed by atoms with Gasteiger partial charge in [-0.05, 0) is 30.3 Å². The third kappa shape index (κ3) is 4.86. The van der Waals surface area contributed by atoms with Gasteiger partial charge in [-0.3, -0.25) is 14.0 Å². The summed E-state index contributed by atoms with van der Waals surface area (Å²) in [5, 5.41) is 10.5. The summed E-state index contributed by atoms with van der Waals surface area (Å²) >= 11 is 0.953. The van der Waals surface area contributed by atoms with E-state index >= 15 is 0 Å². The van der Waals surface area contributed by atoms with Gasteiger partial charge in [0.05, 0.1) is 11.3 Å². The van der Waals surface area contributed by atoms with Gasteiger partial charge in [-0.1, -0.05) is 17.8 Å². The minimum absolute atomic E-state index is 0.0944. The van der Waals surface area contributed by atoms with Crippen LogP contribution in [0, 0.1) is 0 Å². The van der Waals surface area contributed by atoms with Crippen molar-refractivity contribution in [2.75, 3.05) is 25.2 Å². The van der Waals surface area contributed by atoms with Gasteiger partial charge in [-0.25, -0.2) is 0 Å². The second-order valence-electron chi connectivity index (χ2n) is 6.24. The van der Waals surface area contributed by atoms with Gasteiger partial charge in [0, 0.05) is 31.5 Å². The van der Waals surface area contributed by atoms with Gasteiger partial charge in [0.15, 0.2) is 10.8 Å². The third-order valence-electron chi connectivity index (χ3n) is 3.83. The second-order valence-corrected chi connectivity index (χ2v) is 7.19. The molecular weight excluding hydrogens is 407 g/mol. The summed E-state index contributed by atoms with van der Waals surface area (Å²) < 4.78 is 39.9. The van der Waals surface area contributed by atoms with Crippen LogP contribution in [-0.2, 0) is 11.0 Å². The first kappa shape index (κ1) is 20.6. The first-order chi connectivity index (χ1) is 13.6. The molecule has 0 aliphatic carbocycles. The van der Waals surface area contributed by atoms with Gasteiger partial charge < -0.3 is 10.2 Å². The third-order valence-corrected chi connectivity index (χ3v) is 4.77. The number of aromatic nitrogens is 3. The number of carbonyl (C=O) groups excluding carboxylic acids is 2. The average Bonchev–Trinajstić information content (AvgIpc) is 3.07. The van der Waals surface area contributed by atoms with Crippen molar-refractivity contribution in [2.45, 2.75) is 11.3 Å². The van der Waals surface area contributed by atoms with E-state index in [1.165, 1.54) is 15.4 Å². The number of rotatable bonds is 5. The SMILES string of the molecule is CN(C)C(=O)c1cccc(NC(=O)CSc2nnc3ccc(C(F)(F)F)cn23)c1. The number of nitrogens with zero attached hydrogens (tertiary/aromatic N) is 4. The molecule has 0 aliphatic heterocycles.